The molecular weight excluding hydrogens is 2440 g/mol. The number of thiophene rings is 1. The summed E-state index contributed by atoms with van der Waals surface area (Å²) >= 11 is 1.73. The molecule has 14 heterocycles. The topological polar surface area (TPSA) is 164 Å². The molecule has 0 saturated heterocycles. The van der Waals surface area contributed by atoms with Crippen molar-refractivity contribution >= 4 is 125 Å². The molecule has 0 bridgehead atoms. The number of hydrogen-bond donors (Lipinski definition) is 0. The van der Waals surface area contributed by atoms with E-state index in [0.29, 0.717) is 11.2 Å². The maximum absolute atomic E-state index is 12.9. The standard InChI is InChI=1S/C25H21N2O.C22H22NO.C19H16NO2.C18H15N2O2.C18H15N2OS.5Ir/c1-25(2,3)17-15-22-24-20(13-14-26(22)23(28)16-17)19-11-7-8-12-21(19)27(24)18-9-5-4-6-10-18;1-21(2,3)14-12-18-20-16(10-11-23(18)19(24)13-14)15-8-6-7-9-17(15)22(20,4)5;1-19(2,3)12-10-15-18-14(8-9-20(15)17(21)11-12)13-6-4-5-7-16(13)22-18;1-18(2,3)14-10-15(21)20-9-8-13-16(17(20)19-14)11-6-4-5-7-12(11)22-13;1-18(2,3)15-10-12-16-11-6-4-5-7-13(11)22-14(16)8-9-20(12)17(21)19-15;;;;;/h4-13,15-16H,1-3H3;6-10,12-13H,1-5H3;4-8,10-11H,1-3H3;2*4-8,10H,1-3H3;;;;;/q5*-1;;;;;. The third kappa shape index (κ3) is 16.9. The van der Waals surface area contributed by atoms with E-state index in [2.05, 4.69) is 222 Å². The van der Waals surface area contributed by atoms with E-state index in [9.17, 15) is 24.0 Å². The molecular formula is C102H89Ir5N8O7S-5. The Morgan fingerprint density at radius 2 is 0.829 bits per heavy atom. The molecule has 21 rings (SSSR count). The van der Waals surface area contributed by atoms with E-state index >= 15 is 0 Å². The van der Waals surface area contributed by atoms with Gasteiger partial charge >= 0.3 is 0 Å². The quantitative estimate of drug-likeness (QED) is 0.145. The van der Waals surface area contributed by atoms with Crippen LogP contribution in [0.25, 0.3) is 130 Å². The minimum Gasteiger partial charge on any atom is -0.500 e. The number of aromatic nitrogens is 8. The Kier molecular flexibility index (Phi) is 26.0. The molecule has 6 aromatic carbocycles. The molecule has 5 radical (unpaired) electrons. The largest absolute Gasteiger partial charge is 0.500 e. The van der Waals surface area contributed by atoms with Crippen LogP contribution in [-0.2, 0) is 133 Å². The van der Waals surface area contributed by atoms with E-state index in [1.165, 1.54) is 45.5 Å². The molecule has 0 saturated carbocycles. The van der Waals surface area contributed by atoms with Gasteiger partial charge in [0.1, 0.15) is 11.2 Å². The fraction of sp³-hybridized carbons (Fsp3) is 0.225. The van der Waals surface area contributed by atoms with Crippen LogP contribution >= 0.6 is 11.3 Å². The minimum absolute atomic E-state index is 0. The molecule has 123 heavy (non-hydrogen) atoms. The predicted molar refractivity (Wildman–Crippen MR) is 481 cm³/mol. The van der Waals surface area contributed by atoms with E-state index in [4.69, 9.17) is 13.8 Å². The third-order valence-corrected chi connectivity index (χ3v) is 23.7. The molecule has 20 aromatic rings. The maximum atomic E-state index is 12.9. The number of benzene rings is 6. The van der Waals surface area contributed by atoms with Crippen LogP contribution in [0.4, 0.5) is 0 Å². The SMILES string of the molecule is CC(C)(C)c1cc(=O)n2[c-]cc3c(c2c1)C(C)(C)c1ccccc1-3.CC(C)(C)c1cc(=O)n2[c-]cc3c4ccccc4n(-c4ccccc4)c3c2c1.CC(C)(C)c1cc(=O)n2[c-]cc3c4ccccc4oc3c2c1.CC(C)(C)c1cc(=O)n2[c-]cc3oc4ccccc4c3c2n1.CC(C)(C)c1cc2c3c(c[c-]n2c(=O)n1)sc1ccccc13.[Ir].[Ir].[Ir].[Ir].[Ir]. The Morgan fingerprint density at radius 3 is 1.46 bits per heavy atom. The summed E-state index contributed by atoms with van der Waals surface area (Å²) in [4.78, 5) is 71.7. The fourth-order valence-electron chi connectivity index (χ4n) is 16.1. The first-order valence-corrected chi connectivity index (χ1v) is 40.5. The average molecular weight is 2530 g/mol. The Bertz CT molecular complexity index is 7660. The second-order valence-electron chi connectivity index (χ2n) is 36.2. The van der Waals surface area contributed by atoms with E-state index in [1.807, 2.05) is 136 Å². The van der Waals surface area contributed by atoms with Gasteiger partial charge in [-0.1, -0.05) is 344 Å². The number of rotatable bonds is 1. The molecule has 0 atom stereocenters. The van der Waals surface area contributed by atoms with E-state index in [0.717, 1.165) is 126 Å². The number of furan rings is 2. The summed E-state index contributed by atoms with van der Waals surface area (Å²) in [5.74, 6) is 0. The molecule has 21 heteroatoms. The van der Waals surface area contributed by atoms with Gasteiger partial charge < -0.3 is 59.4 Å². The van der Waals surface area contributed by atoms with E-state index < -0.39 is 0 Å². The monoisotopic (exact) mass is 2530 g/mol. The van der Waals surface area contributed by atoms with Crippen molar-refractivity contribution in [2.75, 3.05) is 0 Å². The first-order chi connectivity index (χ1) is 56.0. The van der Waals surface area contributed by atoms with Gasteiger partial charge in [-0.2, -0.15) is 11.3 Å². The Balaban J connectivity index is 0.000000139. The molecule has 0 unspecified atom stereocenters. The summed E-state index contributed by atoms with van der Waals surface area (Å²) in [5, 5.41) is 8.41. The van der Waals surface area contributed by atoms with Crippen molar-refractivity contribution in [3.63, 3.8) is 0 Å². The summed E-state index contributed by atoms with van der Waals surface area (Å²) in [6.07, 6.45) is 15.4. The van der Waals surface area contributed by atoms with Crippen molar-refractivity contribution in [2.45, 2.75) is 150 Å². The van der Waals surface area contributed by atoms with Crippen molar-refractivity contribution in [2.24, 2.45) is 0 Å². The number of para-hydroxylation sites is 4. The number of hydrogen-bond acceptors (Lipinski definition) is 10. The van der Waals surface area contributed by atoms with Crippen molar-refractivity contribution in [1.82, 2.24) is 36.5 Å². The van der Waals surface area contributed by atoms with Gasteiger partial charge in [0.25, 0.3) is 5.69 Å². The number of pyridine rings is 8. The summed E-state index contributed by atoms with van der Waals surface area (Å²) in [6, 6.07) is 75.6. The third-order valence-electron chi connectivity index (χ3n) is 22.5. The van der Waals surface area contributed by atoms with Gasteiger partial charge in [0, 0.05) is 155 Å². The number of fused-ring (bicyclic) bond motifs is 25. The van der Waals surface area contributed by atoms with Crippen LogP contribution in [0.5, 0.6) is 0 Å². The summed E-state index contributed by atoms with van der Waals surface area (Å²) < 4.78 is 24.3. The van der Waals surface area contributed by atoms with Crippen molar-refractivity contribution in [3.05, 3.63) is 353 Å². The van der Waals surface area contributed by atoms with Crippen LogP contribution in [0.1, 0.15) is 157 Å². The minimum atomic E-state index is -0.264. The summed E-state index contributed by atoms with van der Waals surface area (Å²) in [7, 11) is 0. The van der Waals surface area contributed by atoms with Gasteiger partial charge in [-0.25, -0.2) is 4.98 Å². The van der Waals surface area contributed by atoms with Gasteiger partial charge in [-0.15, -0.1) is 24.3 Å². The van der Waals surface area contributed by atoms with Crippen molar-refractivity contribution < 1.29 is 109 Å². The van der Waals surface area contributed by atoms with Gasteiger partial charge in [-0.05, 0) is 131 Å². The summed E-state index contributed by atoms with van der Waals surface area (Å²) in [5.41, 5.74) is 18.8. The van der Waals surface area contributed by atoms with Gasteiger partial charge in [0.2, 0.25) is 0 Å². The molecule has 0 N–H and O–H groups in total. The molecule has 0 amide bonds. The fourth-order valence-corrected chi connectivity index (χ4v) is 17.2. The Hall–Kier alpha value is -9.80. The van der Waals surface area contributed by atoms with Gasteiger partial charge in [0.15, 0.2) is 22.2 Å². The molecule has 1 aliphatic carbocycles. The van der Waals surface area contributed by atoms with Crippen LogP contribution in [0.15, 0.2) is 263 Å². The molecule has 0 aliphatic heterocycles. The van der Waals surface area contributed by atoms with Gasteiger partial charge in [-0.3, -0.25) is 4.98 Å². The Morgan fingerprint density at radius 1 is 0.350 bits per heavy atom. The van der Waals surface area contributed by atoms with Crippen LogP contribution in [0, 0.1) is 31.0 Å². The molecule has 635 valence electrons. The summed E-state index contributed by atoms with van der Waals surface area (Å²) in [6.45, 7) is 36.0. The van der Waals surface area contributed by atoms with Crippen LogP contribution in [0.3, 0.4) is 0 Å². The zero-order valence-electron chi connectivity index (χ0n) is 70.9. The second-order valence-corrected chi connectivity index (χ2v) is 37.3. The van der Waals surface area contributed by atoms with Crippen molar-refractivity contribution in [3.8, 4) is 16.8 Å². The normalized spacial score (nSPS) is 12.5. The maximum Gasteiger partial charge on any atom is 0.265 e. The molecule has 15 nitrogen and oxygen atoms in total. The zero-order valence-corrected chi connectivity index (χ0v) is 83.7. The number of nitrogens with zero attached hydrogens (tertiary/aromatic N) is 8. The van der Waals surface area contributed by atoms with Crippen LogP contribution in [0.2, 0.25) is 0 Å². The predicted octanol–water partition coefficient (Wildman–Crippen LogP) is 22.3. The van der Waals surface area contributed by atoms with Crippen LogP contribution in [-0.4, -0.2) is 36.5 Å². The van der Waals surface area contributed by atoms with E-state index in [1.54, 1.807) is 50.5 Å². The van der Waals surface area contributed by atoms with Crippen molar-refractivity contribution in [1.29, 1.82) is 0 Å². The first kappa shape index (κ1) is 92.4. The second kappa shape index (κ2) is 34.6. The first-order valence-electron chi connectivity index (χ1n) is 39.7. The Labute approximate surface area is 783 Å². The average Bonchev–Trinajstić information content (AvgIpc) is 1.55. The molecule has 14 aromatic heterocycles. The molecule has 0 fully saturated rings. The smallest absolute Gasteiger partial charge is 0.265 e. The molecule has 0 spiro atoms. The van der Waals surface area contributed by atoms with Crippen LogP contribution < -0.4 is 27.9 Å². The van der Waals surface area contributed by atoms with E-state index in [-0.39, 0.29) is 161 Å². The zero-order chi connectivity index (χ0) is 83.2. The van der Waals surface area contributed by atoms with Gasteiger partial charge in [0.05, 0.1) is 16.8 Å². The molecule has 1 aliphatic rings.